The van der Waals surface area contributed by atoms with Crippen LogP contribution in [0.4, 0.5) is 0 Å². The van der Waals surface area contributed by atoms with E-state index in [4.69, 9.17) is 4.74 Å². The highest BCUT2D eigenvalue weighted by Gasteiger charge is 2.42. The van der Waals surface area contributed by atoms with Crippen LogP contribution in [0.15, 0.2) is 12.1 Å². The lowest BCUT2D eigenvalue weighted by atomic mass is 9.79. The number of hydrogen-bond donors (Lipinski definition) is 2. The quantitative estimate of drug-likeness (QED) is 0.850. The Bertz CT molecular complexity index is 564. The predicted octanol–water partition coefficient (Wildman–Crippen LogP) is 4.64. The van der Waals surface area contributed by atoms with Crippen molar-refractivity contribution < 1.29 is 14.9 Å². The normalized spacial score (nSPS) is 27.0. The van der Waals surface area contributed by atoms with Gasteiger partial charge in [-0.3, -0.25) is 0 Å². The molecular weight excluding hydrogens is 288 g/mol. The summed E-state index contributed by atoms with van der Waals surface area (Å²) in [6.07, 6.45) is 6.74. The van der Waals surface area contributed by atoms with Gasteiger partial charge in [0.25, 0.3) is 0 Å². The second kappa shape index (κ2) is 6.35. The summed E-state index contributed by atoms with van der Waals surface area (Å²) in [7, 11) is 0. The van der Waals surface area contributed by atoms with E-state index in [0.717, 1.165) is 49.0 Å². The summed E-state index contributed by atoms with van der Waals surface area (Å²) < 4.78 is 6.11. The summed E-state index contributed by atoms with van der Waals surface area (Å²) >= 11 is 0. The topological polar surface area (TPSA) is 49.7 Å². The predicted molar refractivity (Wildman–Crippen MR) is 92.3 cm³/mol. The third-order valence-electron chi connectivity index (χ3n) is 5.73. The van der Waals surface area contributed by atoms with Crippen LogP contribution in [0, 0.1) is 0 Å². The molecular formula is C20H30O3. The van der Waals surface area contributed by atoms with E-state index < -0.39 is 6.10 Å². The van der Waals surface area contributed by atoms with E-state index in [2.05, 4.69) is 26.8 Å². The molecule has 0 aromatic heterocycles. The van der Waals surface area contributed by atoms with Gasteiger partial charge in [-0.15, -0.1) is 0 Å². The summed E-state index contributed by atoms with van der Waals surface area (Å²) in [5.41, 5.74) is 2.08. The summed E-state index contributed by atoms with van der Waals surface area (Å²) in [5, 5.41) is 21.0. The maximum Gasteiger partial charge on any atom is 0.132 e. The van der Waals surface area contributed by atoms with Crippen LogP contribution in [0.1, 0.15) is 82.8 Å². The van der Waals surface area contributed by atoms with E-state index in [-0.39, 0.29) is 17.4 Å². The molecule has 2 N–H and O–H groups in total. The maximum absolute atomic E-state index is 10.7. The van der Waals surface area contributed by atoms with E-state index in [1.807, 2.05) is 6.07 Å². The fourth-order valence-electron chi connectivity index (χ4n) is 4.17. The minimum absolute atomic E-state index is 0.0230. The van der Waals surface area contributed by atoms with Crippen LogP contribution in [-0.4, -0.2) is 22.4 Å². The van der Waals surface area contributed by atoms with Crippen LogP contribution in [-0.2, 0) is 5.41 Å². The molecule has 0 radical (unpaired) electrons. The molecule has 1 aliphatic heterocycles. The summed E-state index contributed by atoms with van der Waals surface area (Å²) in [6.45, 7) is 6.66. The van der Waals surface area contributed by atoms with Gasteiger partial charge in [0.05, 0.1) is 6.10 Å². The number of unbranched alkanes of at least 4 members (excludes halogenated alkanes) is 1. The summed E-state index contributed by atoms with van der Waals surface area (Å²) in [6, 6.07) is 4.03. The van der Waals surface area contributed by atoms with Crippen molar-refractivity contribution in [1.29, 1.82) is 0 Å². The number of benzene rings is 1. The smallest absolute Gasteiger partial charge is 0.132 e. The van der Waals surface area contributed by atoms with Crippen molar-refractivity contribution in [3.05, 3.63) is 23.3 Å². The van der Waals surface area contributed by atoms with Gasteiger partial charge in [0.15, 0.2) is 0 Å². The van der Waals surface area contributed by atoms with E-state index in [0.29, 0.717) is 5.75 Å². The van der Waals surface area contributed by atoms with Crippen molar-refractivity contribution >= 4 is 0 Å². The molecule has 1 heterocycles. The summed E-state index contributed by atoms with van der Waals surface area (Å²) in [5.74, 6) is 1.28. The summed E-state index contributed by atoms with van der Waals surface area (Å²) in [4.78, 5) is 0. The molecule has 3 atom stereocenters. The highest BCUT2D eigenvalue weighted by atomic mass is 16.5. The van der Waals surface area contributed by atoms with Crippen LogP contribution >= 0.6 is 0 Å². The van der Waals surface area contributed by atoms with Crippen molar-refractivity contribution in [1.82, 2.24) is 0 Å². The largest absolute Gasteiger partial charge is 0.508 e. The zero-order valence-electron chi connectivity index (χ0n) is 14.6. The molecule has 128 valence electrons. The SMILES string of the molecule is CCCCC(C)(C)c1cc(O)c2c(c1)OC1C(O)CCCCC21. The standard InChI is InChI=1S/C20H30O3/c1-4-5-10-20(2,3)13-11-16(22)18-14-8-6-7-9-15(21)19(14)23-17(18)12-13/h11-12,14-15,19,21-22H,4-10H2,1-3H3. The molecule has 0 saturated heterocycles. The van der Waals surface area contributed by atoms with Gasteiger partial charge in [0.2, 0.25) is 0 Å². The van der Waals surface area contributed by atoms with E-state index in [1.54, 1.807) is 0 Å². The first-order valence-electron chi connectivity index (χ1n) is 9.16. The first-order chi connectivity index (χ1) is 10.9. The number of fused-ring (bicyclic) bond motifs is 3. The van der Waals surface area contributed by atoms with Crippen molar-refractivity contribution in [2.24, 2.45) is 0 Å². The number of aromatic hydroxyl groups is 1. The highest BCUT2D eigenvalue weighted by Crippen LogP contribution is 2.50. The van der Waals surface area contributed by atoms with Crippen molar-refractivity contribution in [2.75, 3.05) is 0 Å². The van der Waals surface area contributed by atoms with Crippen LogP contribution in [0.25, 0.3) is 0 Å². The maximum atomic E-state index is 10.7. The molecule has 1 aliphatic carbocycles. The average molecular weight is 318 g/mol. The van der Waals surface area contributed by atoms with Crippen LogP contribution < -0.4 is 4.74 Å². The lowest BCUT2D eigenvalue weighted by Gasteiger charge is -2.26. The average Bonchev–Trinajstić information content (AvgIpc) is 2.79. The molecule has 1 aromatic carbocycles. The first-order valence-corrected chi connectivity index (χ1v) is 9.16. The first kappa shape index (κ1) is 16.6. The Hall–Kier alpha value is -1.22. The molecule has 0 spiro atoms. The molecule has 2 aliphatic rings. The fourth-order valence-corrected chi connectivity index (χ4v) is 4.17. The van der Waals surface area contributed by atoms with Gasteiger partial charge in [0, 0.05) is 11.5 Å². The molecule has 0 amide bonds. The molecule has 1 saturated carbocycles. The molecule has 23 heavy (non-hydrogen) atoms. The zero-order valence-corrected chi connectivity index (χ0v) is 14.6. The number of rotatable bonds is 4. The lowest BCUT2D eigenvalue weighted by Crippen LogP contribution is -2.31. The highest BCUT2D eigenvalue weighted by molar-refractivity contribution is 5.54. The molecule has 0 bridgehead atoms. The molecule has 3 unspecified atom stereocenters. The van der Waals surface area contributed by atoms with Crippen molar-refractivity contribution in [2.45, 2.75) is 89.3 Å². The van der Waals surface area contributed by atoms with Gasteiger partial charge in [-0.1, -0.05) is 46.5 Å². The number of aliphatic hydroxyl groups is 1. The minimum atomic E-state index is -0.425. The van der Waals surface area contributed by atoms with Crippen molar-refractivity contribution in [3.63, 3.8) is 0 Å². The van der Waals surface area contributed by atoms with E-state index >= 15 is 0 Å². The van der Waals surface area contributed by atoms with Gasteiger partial charge in [-0.2, -0.15) is 0 Å². The second-order valence-electron chi connectivity index (χ2n) is 7.94. The minimum Gasteiger partial charge on any atom is -0.508 e. The van der Waals surface area contributed by atoms with Gasteiger partial charge >= 0.3 is 0 Å². The zero-order chi connectivity index (χ0) is 16.6. The fraction of sp³-hybridized carbons (Fsp3) is 0.700. The Morgan fingerprint density at radius 1 is 1.22 bits per heavy atom. The third kappa shape index (κ3) is 3.08. The monoisotopic (exact) mass is 318 g/mol. The van der Waals surface area contributed by atoms with Crippen LogP contribution in [0.3, 0.4) is 0 Å². The number of phenolic OH excluding ortho intramolecular Hbond substituents is 1. The third-order valence-corrected chi connectivity index (χ3v) is 5.73. The Morgan fingerprint density at radius 2 is 1.96 bits per heavy atom. The number of aliphatic hydroxyl groups excluding tert-OH is 1. The number of hydrogen-bond acceptors (Lipinski definition) is 3. The van der Waals surface area contributed by atoms with E-state index in [9.17, 15) is 10.2 Å². The second-order valence-corrected chi connectivity index (χ2v) is 7.94. The number of ether oxygens (including phenoxy) is 1. The van der Waals surface area contributed by atoms with Gasteiger partial charge in [-0.05, 0) is 42.4 Å². The lowest BCUT2D eigenvalue weighted by molar-refractivity contribution is 0.0361. The Balaban J connectivity index is 1.94. The molecule has 3 rings (SSSR count). The Kier molecular flexibility index (Phi) is 4.59. The Labute approximate surface area is 139 Å². The molecule has 1 aromatic rings. The van der Waals surface area contributed by atoms with Gasteiger partial charge < -0.3 is 14.9 Å². The van der Waals surface area contributed by atoms with Crippen LogP contribution in [0.5, 0.6) is 11.5 Å². The van der Waals surface area contributed by atoms with E-state index in [1.165, 1.54) is 12.8 Å². The van der Waals surface area contributed by atoms with Gasteiger partial charge in [0.1, 0.15) is 17.6 Å². The van der Waals surface area contributed by atoms with Gasteiger partial charge in [-0.25, -0.2) is 0 Å². The van der Waals surface area contributed by atoms with Crippen LogP contribution in [0.2, 0.25) is 0 Å². The molecule has 3 heteroatoms. The number of phenols is 1. The molecule has 3 nitrogen and oxygen atoms in total. The van der Waals surface area contributed by atoms with Crippen molar-refractivity contribution in [3.8, 4) is 11.5 Å². The molecule has 1 fully saturated rings. The Morgan fingerprint density at radius 3 is 2.70 bits per heavy atom.